The van der Waals surface area contributed by atoms with Crippen molar-refractivity contribution in [3.05, 3.63) is 98.5 Å². The molecule has 40 heavy (non-hydrogen) atoms. The number of carbonyl (C=O) groups is 2. The second-order valence-electron chi connectivity index (χ2n) is 8.12. The quantitative estimate of drug-likeness (QED) is 0.106. The molecule has 0 aliphatic carbocycles. The first-order valence-corrected chi connectivity index (χ1v) is 14.7. The van der Waals surface area contributed by atoms with Gasteiger partial charge in [-0.25, -0.2) is 5.43 Å². The maximum absolute atomic E-state index is 13.1. The van der Waals surface area contributed by atoms with Gasteiger partial charge in [-0.2, -0.15) is 38.5 Å². The summed E-state index contributed by atoms with van der Waals surface area (Å²) >= 11 is 12.9. The molecule has 212 valence electrons. The van der Waals surface area contributed by atoms with Gasteiger partial charge in [-0.15, -0.1) is 0 Å². The number of carbonyl (C=O) groups excluding carboxylic acids is 2. The van der Waals surface area contributed by atoms with Crippen LogP contribution in [0.2, 0.25) is 10.0 Å². The highest BCUT2D eigenvalue weighted by atomic mass is 35.5. The van der Waals surface area contributed by atoms with Crippen molar-refractivity contribution in [2.24, 2.45) is 5.10 Å². The van der Waals surface area contributed by atoms with Gasteiger partial charge in [-0.05, 0) is 53.6 Å². The summed E-state index contributed by atoms with van der Waals surface area (Å²) in [5.74, 6) is -1.17. The Hall–Kier alpha value is -3.10. The molecule has 0 unspecified atom stereocenters. The zero-order valence-electron chi connectivity index (χ0n) is 20.2. The fraction of sp³-hybridized carbons (Fsp3) is 0.160. The first-order chi connectivity index (χ1) is 18.7. The minimum absolute atomic E-state index is 0.0349. The van der Waals surface area contributed by atoms with E-state index in [1.807, 2.05) is 0 Å². The van der Waals surface area contributed by atoms with Crippen LogP contribution in [-0.4, -0.2) is 42.5 Å². The molecule has 2 amide bonds. The van der Waals surface area contributed by atoms with Crippen molar-refractivity contribution >= 4 is 68.8 Å². The fourth-order valence-electron chi connectivity index (χ4n) is 3.23. The molecule has 0 aliphatic heterocycles. The zero-order chi connectivity index (χ0) is 29.5. The SMILES string of the molecule is O=C(Nc1ccc(Cl)cc1C(=O)N/N=C/c1ccc(Cl)c(C(F)(F)F)c1)c1cccc(CSCCS(=O)(=O)O)c1. The molecule has 0 aliphatic rings. The minimum atomic E-state index is -4.67. The van der Waals surface area contributed by atoms with Gasteiger partial charge in [0.05, 0.1) is 33.8 Å². The third-order valence-corrected chi connectivity index (χ3v) is 7.67. The number of hydrazone groups is 1. The largest absolute Gasteiger partial charge is 0.417 e. The Balaban J connectivity index is 1.70. The van der Waals surface area contributed by atoms with Crippen LogP contribution in [0.25, 0.3) is 0 Å². The van der Waals surface area contributed by atoms with Crippen LogP contribution in [0.15, 0.2) is 65.8 Å². The predicted octanol–water partition coefficient (Wildman–Crippen LogP) is 6.15. The Morgan fingerprint density at radius 2 is 1.77 bits per heavy atom. The molecule has 0 radical (unpaired) electrons. The molecule has 0 fully saturated rings. The Morgan fingerprint density at radius 1 is 1.02 bits per heavy atom. The maximum Gasteiger partial charge on any atom is 0.417 e. The lowest BCUT2D eigenvalue weighted by Gasteiger charge is -2.12. The van der Waals surface area contributed by atoms with E-state index in [-0.39, 0.29) is 33.2 Å². The molecule has 0 atom stereocenters. The highest BCUT2D eigenvalue weighted by Gasteiger charge is 2.33. The minimum Gasteiger partial charge on any atom is -0.321 e. The van der Waals surface area contributed by atoms with Gasteiger partial charge in [0, 0.05) is 22.1 Å². The van der Waals surface area contributed by atoms with E-state index in [9.17, 15) is 31.2 Å². The van der Waals surface area contributed by atoms with Crippen molar-refractivity contribution in [2.75, 3.05) is 16.8 Å². The highest BCUT2D eigenvalue weighted by Crippen LogP contribution is 2.34. The standard InChI is InChI=1S/C25H20Cl2F3N3O5S2/c26-18-5-7-22(32-23(34)17-3-1-2-16(10-17)14-39-8-9-40(36,37)38)19(12-18)24(35)33-31-13-15-4-6-21(27)20(11-15)25(28,29)30/h1-7,10-13H,8-9,14H2,(H,32,34)(H,33,35)(H,36,37,38)/b31-13+. The lowest BCUT2D eigenvalue weighted by atomic mass is 10.1. The zero-order valence-corrected chi connectivity index (χ0v) is 23.4. The Bertz CT molecular complexity index is 1550. The average Bonchev–Trinajstić information content (AvgIpc) is 2.87. The van der Waals surface area contributed by atoms with Crippen LogP contribution < -0.4 is 10.7 Å². The molecule has 3 rings (SSSR count). The van der Waals surface area contributed by atoms with Crippen molar-refractivity contribution in [1.29, 1.82) is 0 Å². The third-order valence-electron chi connectivity index (χ3n) is 5.09. The molecule has 0 heterocycles. The summed E-state index contributed by atoms with van der Waals surface area (Å²) in [6.07, 6.45) is -3.66. The van der Waals surface area contributed by atoms with Gasteiger partial charge in [0.15, 0.2) is 0 Å². The van der Waals surface area contributed by atoms with Crippen molar-refractivity contribution in [1.82, 2.24) is 5.43 Å². The molecule has 0 saturated heterocycles. The van der Waals surface area contributed by atoms with Gasteiger partial charge in [-0.3, -0.25) is 14.1 Å². The van der Waals surface area contributed by atoms with Gasteiger partial charge in [0.25, 0.3) is 21.9 Å². The van der Waals surface area contributed by atoms with Gasteiger partial charge in [0.2, 0.25) is 0 Å². The second-order valence-corrected chi connectivity index (χ2v) is 11.6. The topological polar surface area (TPSA) is 125 Å². The van der Waals surface area contributed by atoms with E-state index < -0.39 is 44.4 Å². The number of hydrogen-bond acceptors (Lipinski definition) is 6. The molecular formula is C25H20Cl2F3N3O5S2. The highest BCUT2D eigenvalue weighted by molar-refractivity contribution is 7.99. The Labute approximate surface area is 241 Å². The summed E-state index contributed by atoms with van der Waals surface area (Å²) < 4.78 is 69.7. The van der Waals surface area contributed by atoms with Crippen LogP contribution in [-0.2, 0) is 22.0 Å². The van der Waals surface area contributed by atoms with E-state index in [0.29, 0.717) is 5.75 Å². The number of amides is 2. The van der Waals surface area contributed by atoms with Gasteiger partial charge in [-0.1, -0.05) is 41.4 Å². The molecule has 0 saturated carbocycles. The summed E-state index contributed by atoms with van der Waals surface area (Å²) in [5.41, 5.74) is 2.21. The summed E-state index contributed by atoms with van der Waals surface area (Å²) in [5, 5.41) is 6.02. The van der Waals surface area contributed by atoms with Crippen LogP contribution in [0.1, 0.15) is 37.4 Å². The van der Waals surface area contributed by atoms with Crippen LogP contribution in [0.3, 0.4) is 0 Å². The molecular weight excluding hydrogens is 614 g/mol. The van der Waals surface area contributed by atoms with E-state index in [0.717, 1.165) is 23.9 Å². The molecule has 0 aromatic heterocycles. The summed E-state index contributed by atoms with van der Waals surface area (Å²) in [4.78, 5) is 25.7. The molecule has 15 heteroatoms. The van der Waals surface area contributed by atoms with Crippen molar-refractivity contribution in [3.8, 4) is 0 Å². The number of rotatable bonds is 10. The van der Waals surface area contributed by atoms with E-state index in [2.05, 4.69) is 15.8 Å². The number of alkyl halides is 3. The number of thioether (sulfide) groups is 1. The van der Waals surface area contributed by atoms with Crippen molar-refractivity contribution in [2.45, 2.75) is 11.9 Å². The lowest BCUT2D eigenvalue weighted by Crippen LogP contribution is -2.21. The maximum atomic E-state index is 13.1. The number of nitrogens with one attached hydrogen (secondary N) is 2. The number of hydrogen-bond donors (Lipinski definition) is 3. The fourth-order valence-corrected chi connectivity index (χ4v) is 5.50. The van der Waals surface area contributed by atoms with Crippen molar-refractivity contribution in [3.63, 3.8) is 0 Å². The third kappa shape index (κ3) is 9.52. The summed E-state index contributed by atoms with van der Waals surface area (Å²) in [6.45, 7) is 0. The molecule has 0 bridgehead atoms. The Kier molecular flexibility index (Phi) is 10.6. The summed E-state index contributed by atoms with van der Waals surface area (Å²) in [7, 11) is -4.06. The van der Waals surface area contributed by atoms with Crippen LogP contribution >= 0.6 is 35.0 Å². The van der Waals surface area contributed by atoms with Crippen LogP contribution in [0.5, 0.6) is 0 Å². The van der Waals surface area contributed by atoms with E-state index >= 15 is 0 Å². The first-order valence-electron chi connectivity index (χ1n) is 11.2. The van der Waals surface area contributed by atoms with E-state index in [4.69, 9.17) is 27.8 Å². The summed E-state index contributed by atoms with van der Waals surface area (Å²) in [6, 6.07) is 13.8. The molecule has 3 N–H and O–H groups in total. The normalized spacial score (nSPS) is 11.9. The van der Waals surface area contributed by atoms with Gasteiger partial charge < -0.3 is 5.32 Å². The Morgan fingerprint density at radius 3 is 2.48 bits per heavy atom. The number of anilines is 1. The molecule has 8 nitrogen and oxygen atoms in total. The van der Waals surface area contributed by atoms with E-state index in [1.54, 1.807) is 24.3 Å². The number of halogens is 5. The van der Waals surface area contributed by atoms with Gasteiger partial charge >= 0.3 is 6.18 Å². The monoisotopic (exact) mass is 633 g/mol. The number of nitrogens with zero attached hydrogens (tertiary/aromatic N) is 1. The smallest absolute Gasteiger partial charge is 0.321 e. The molecule has 0 spiro atoms. The van der Waals surface area contributed by atoms with E-state index in [1.165, 1.54) is 36.0 Å². The lowest BCUT2D eigenvalue weighted by molar-refractivity contribution is -0.137. The average molecular weight is 634 g/mol. The number of benzene rings is 3. The van der Waals surface area contributed by atoms with Crippen LogP contribution in [0, 0.1) is 0 Å². The second kappa shape index (κ2) is 13.5. The molecule has 3 aromatic rings. The first kappa shape index (κ1) is 31.4. The van der Waals surface area contributed by atoms with Crippen LogP contribution in [0.4, 0.5) is 18.9 Å². The van der Waals surface area contributed by atoms with Crippen molar-refractivity contribution < 1.29 is 35.7 Å². The van der Waals surface area contributed by atoms with Gasteiger partial charge in [0.1, 0.15) is 0 Å². The predicted molar refractivity (Wildman–Crippen MR) is 150 cm³/mol. The molecule has 3 aromatic carbocycles.